The number of benzene rings is 1. The van der Waals surface area contributed by atoms with Crippen LogP contribution in [0.2, 0.25) is 0 Å². The molecule has 0 bridgehead atoms. The SMILES string of the molecule is Cc1cc(NC2CCCCC2C)cc(C)c1Br. The molecule has 0 heterocycles. The molecule has 0 amide bonds. The molecule has 1 fully saturated rings. The van der Waals surface area contributed by atoms with Crippen molar-refractivity contribution < 1.29 is 0 Å². The molecule has 94 valence electrons. The van der Waals surface area contributed by atoms with Crippen LogP contribution < -0.4 is 5.32 Å². The van der Waals surface area contributed by atoms with Gasteiger partial charge in [0.15, 0.2) is 0 Å². The molecule has 2 unspecified atom stereocenters. The van der Waals surface area contributed by atoms with E-state index in [-0.39, 0.29) is 0 Å². The van der Waals surface area contributed by atoms with E-state index in [2.05, 4.69) is 54.2 Å². The Morgan fingerprint density at radius 3 is 2.29 bits per heavy atom. The average molecular weight is 296 g/mol. The molecule has 1 saturated carbocycles. The van der Waals surface area contributed by atoms with Crippen molar-refractivity contribution in [3.63, 3.8) is 0 Å². The van der Waals surface area contributed by atoms with Gasteiger partial charge < -0.3 is 5.32 Å². The zero-order chi connectivity index (χ0) is 12.4. The van der Waals surface area contributed by atoms with Crippen LogP contribution in [0.1, 0.15) is 43.7 Å². The van der Waals surface area contributed by atoms with Gasteiger partial charge in [-0.25, -0.2) is 0 Å². The van der Waals surface area contributed by atoms with Crippen LogP contribution in [-0.4, -0.2) is 6.04 Å². The Labute approximate surface area is 113 Å². The van der Waals surface area contributed by atoms with Crippen molar-refractivity contribution in [2.75, 3.05) is 5.32 Å². The molecule has 2 heteroatoms. The fourth-order valence-electron chi connectivity index (χ4n) is 2.77. The van der Waals surface area contributed by atoms with Crippen molar-refractivity contribution in [3.05, 3.63) is 27.7 Å². The summed E-state index contributed by atoms with van der Waals surface area (Å²) in [6.07, 6.45) is 5.45. The first-order chi connectivity index (χ1) is 8.08. The Bertz CT molecular complexity index is 377. The minimum atomic E-state index is 0.656. The average Bonchev–Trinajstić information content (AvgIpc) is 2.29. The van der Waals surface area contributed by atoms with Crippen molar-refractivity contribution in [1.82, 2.24) is 0 Å². The molecule has 1 N–H and O–H groups in total. The van der Waals surface area contributed by atoms with E-state index in [0.29, 0.717) is 6.04 Å². The highest BCUT2D eigenvalue weighted by Crippen LogP contribution is 2.29. The minimum absolute atomic E-state index is 0.656. The lowest BCUT2D eigenvalue weighted by Crippen LogP contribution is -2.30. The van der Waals surface area contributed by atoms with E-state index in [1.54, 1.807) is 0 Å². The van der Waals surface area contributed by atoms with Crippen LogP contribution in [-0.2, 0) is 0 Å². The normalized spacial score (nSPS) is 24.7. The Morgan fingerprint density at radius 2 is 1.71 bits per heavy atom. The number of aryl methyl sites for hydroxylation is 2. The summed E-state index contributed by atoms with van der Waals surface area (Å²) in [6.45, 7) is 6.69. The topological polar surface area (TPSA) is 12.0 Å². The number of rotatable bonds is 2. The van der Waals surface area contributed by atoms with Gasteiger partial charge in [-0.05, 0) is 55.9 Å². The van der Waals surface area contributed by atoms with Crippen molar-refractivity contribution in [1.29, 1.82) is 0 Å². The molecule has 17 heavy (non-hydrogen) atoms. The molecule has 1 nitrogen and oxygen atoms in total. The maximum absolute atomic E-state index is 3.72. The minimum Gasteiger partial charge on any atom is -0.382 e. The van der Waals surface area contributed by atoms with Gasteiger partial charge in [0.1, 0.15) is 0 Å². The Morgan fingerprint density at radius 1 is 1.12 bits per heavy atom. The number of hydrogen-bond acceptors (Lipinski definition) is 1. The smallest absolute Gasteiger partial charge is 0.0348 e. The molecule has 2 atom stereocenters. The van der Waals surface area contributed by atoms with Gasteiger partial charge in [0.05, 0.1) is 0 Å². The predicted molar refractivity (Wildman–Crippen MR) is 78.7 cm³/mol. The molecule has 0 saturated heterocycles. The first kappa shape index (κ1) is 12.9. The highest BCUT2D eigenvalue weighted by molar-refractivity contribution is 9.10. The molecule has 0 spiro atoms. The molecule has 0 aliphatic heterocycles. The summed E-state index contributed by atoms with van der Waals surface area (Å²) in [5, 5.41) is 3.72. The van der Waals surface area contributed by atoms with Gasteiger partial charge in [0, 0.05) is 16.2 Å². The number of halogens is 1. The molecule has 0 radical (unpaired) electrons. The van der Waals surface area contributed by atoms with Crippen molar-refractivity contribution in [3.8, 4) is 0 Å². The number of hydrogen-bond donors (Lipinski definition) is 1. The second-order valence-corrected chi connectivity index (χ2v) is 6.23. The van der Waals surface area contributed by atoms with E-state index in [4.69, 9.17) is 0 Å². The first-order valence-corrected chi connectivity index (χ1v) is 7.40. The van der Waals surface area contributed by atoms with E-state index in [1.165, 1.54) is 47.0 Å². The van der Waals surface area contributed by atoms with E-state index in [1.807, 2.05) is 0 Å². The molecular formula is C15H22BrN. The van der Waals surface area contributed by atoms with Gasteiger partial charge in [0.25, 0.3) is 0 Å². The van der Waals surface area contributed by atoms with Crippen LogP contribution in [0.5, 0.6) is 0 Å². The van der Waals surface area contributed by atoms with Gasteiger partial charge in [0.2, 0.25) is 0 Å². The van der Waals surface area contributed by atoms with Crippen molar-refractivity contribution >= 4 is 21.6 Å². The van der Waals surface area contributed by atoms with Crippen LogP contribution >= 0.6 is 15.9 Å². The summed E-state index contributed by atoms with van der Waals surface area (Å²) in [5.41, 5.74) is 3.91. The lowest BCUT2D eigenvalue weighted by molar-refractivity contribution is 0.349. The molecular weight excluding hydrogens is 274 g/mol. The Hall–Kier alpha value is -0.500. The van der Waals surface area contributed by atoms with Gasteiger partial charge in [-0.3, -0.25) is 0 Å². The maximum atomic E-state index is 3.72. The highest BCUT2D eigenvalue weighted by Gasteiger charge is 2.21. The number of anilines is 1. The predicted octanol–water partition coefficient (Wildman–Crippen LogP) is 5.06. The van der Waals surface area contributed by atoms with Crippen LogP contribution in [0.3, 0.4) is 0 Å². The van der Waals surface area contributed by atoms with Gasteiger partial charge in [-0.2, -0.15) is 0 Å². The zero-order valence-electron chi connectivity index (χ0n) is 11.0. The highest BCUT2D eigenvalue weighted by atomic mass is 79.9. The third-order valence-corrected chi connectivity index (χ3v) is 5.15. The largest absolute Gasteiger partial charge is 0.382 e. The van der Waals surface area contributed by atoms with Crippen LogP contribution in [0.4, 0.5) is 5.69 Å². The lowest BCUT2D eigenvalue weighted by Gasteiger charge is -2.30. The monoisotopic (exact) mass is 295 g/mol. The lowest BCUT2D eigenvalue weighted by atomic mass is 9.86. The maximum Gasteiger partial charge on any atom is 0.0348 e. The zero-order valence-corrected chi connectivity index (χ0v) is 12.6. The van der Waals surface area contributed by atoms with Gasteiger partial charge in [-0.15, -0.1) is 0 Å². The van der Waals surface area contributed by atoms with Crippen molar-refractivity contribution in [2.24, 2.45) is 5.92 Å². The van der Waals surface area contributed by atoms with Crippen LogP contribution in [0, 0.1) is 19.8 Å². The van der Waals surface area contributed by atoms with E-state index in [0.717, 1.165) is 5.92 Å². The molecule has 1 aliphatic rings. The fourth-order valence-corrected chi connectivity index (χ4v) is 3.00. The summed E-state index contributed by atoms with van der Waals surface area (Å²) in [7, 11) is 0. The standard InChI is InChI=1S/C15H22BrN/c1-10-6-4-5-7-14(10)17-13-8-11(2)15(16)12(3)9-13/h8-10,14,17H,4-7H2,1-3H3. The Balaban J connectivity index is 2.12. The number of nitrogens with one attached hydrogen (secondary N) is 1. The Kier molecular flexibility index (Phi) is 4.13. The van der Waals surface area contributed by atoms with Gasteiger partial charge >= 0.3 is 0 Å². The van der Waals surface area contributed by atoms with E-state index in [9.17, 15) is 0 Å². The summed E-state index contributed by atoms with van der Waals surface area (Å²) >= 11 is 3.62. The van der Waals surface area contributed by atoms with E-state index >= 15 is 0 Å². The fraction of sp³-hybridized carbons (Fsp3) is 0.600. The molecule has 1 aliphatic carbocycles. The summed E-state index contributed by atoms with van der Waals surface area (Å²) in [4.78, 5) is 0. The van der Waals surface area contributed by atoms with Crippen LogP contribution in [0.25, 0.3) is 0 Å². The van der Waals surface area contributed by atoms with Crippen molar-refractivity contribution in [2.45, 2.75) is 52.5 Å². The molecule has 0 aromatic heterocycles. The third-order valence-electron chi connectivity index (χ3n) is 3.90. The summed E-state index contributed by atoms with van der Waals surface area (Å²) in [5.74, 6) is 0.799. The quantitative estimate of drug-likeness (QED) is 0.804. The van der Waals surface area contributed by atoms with Gasteiger partial charge in [-0.1, -0.05) is 35.7 Å². The third kappa shape index (κ3) is 3.04. The summed E-state index contributed by atoms with van der Waals surface area (Å²) in [6, 6.07) is 5.15. The van der Waals surface area contributed by atoms with E-state index < -0.39 is 0 Å². The second kappa shape index (κ2) is 5.43. The molecule has 2 rings (SSSR count). The van der Waals surface area contributed by atoms with Crippen LogP contribution in [0.15, 0.2) is 16.6 Å². The molecule has 1 aromatic rings. The summed E-state index contributed by atoms with van der Waals surface area (Å²) < 4.78 is 1.24. The second-order valence-electron chi connectivity index (χ2n) is 5.44. The first-order valence-electron chi connectivity index (χ1n) is 6.61. The molecule has 1 aromatic carbocycles.